The number of piperidine rings is 1. The van der Waals surface area contributed by atoms with Crippen LogP contribution in [0.3, 0.4) is 0 Å². The van der Waals surface area contributed by atoms with Crippen molar-refractivity contribution < 1.29 is 29.3 Å². The van der Waals surface area contributed by atoms with Crippen LogP contribution in [0.4, 0.5) is 0 Å². The molecule has 2 saturated heterocycles. The molecular formula is C25H27N3O5. The second-order valence-corrected chi connectivity index (χ2v) is 8.19. The lowest BCUT2D eigenvalue weighted by Crippen LogP contribution is -2.52. The predicted octanol–water partition coefficient (Wildman–Crippen LogP) is 1.86. The van der Waals surface area contributed by atoms with Gasteiger partial charge < -0.3 is 14.4 Å². The Morgan fingerprint density at radius 3 is 2.73 bits per heavy atom. The van der Waals surface area contributed by atoms with E-state index in [1.807, 2.05) is 4.90 Å². The van der Waals surface area contributed by atoms with Crippen LogP contribution in [0, 0.1) is 0 Å². The van der Waals surface area contributed by atoms with Crippen molar-refractivity contribution in [3.8, 4) is 5.75 Å². The van der Waals surface area contributed by atoms with Crippen molar-refractivity contribution in [1.82, 2.24) is 15.1 Å². The van der Waals surface area contributed by atoms with E-state index in [2.05, 4.69) is 5.32 Å². The number of fused-ring (bicyclic) bond motifs is 1. The quantitative estimate of drug-likeness (QED) is 0.672. The van der Waals surface area contributed by atoms with Crippen LogP contribution in [-0.4, -0.2) is 59.9 Å². The number of benzene rings is 2. The Labute approximate surface area is 198 Å². The zero-order chi connectivity index (χ0) is 26.3. The summed E-state index contributed by atoms with van der Waals surface area (Å²) < 4.78 is 45.3. The molecule has 3 unspecified atom stereocenters. The lowest BCUT2D eigenvalue weighted by molar-refractivity contribution is -0.136. The van der Waals surface area contributed by atoms with E-state index in [4.69, 9.17) is 15.0 Å². The number of carbonyl (C=O) groups is 3. The van der Waals surface area contributed by atoms with Crippen LogP contribution in [0.1, 0.15) is 45.4 Å². The van der Waals surface area contributed by atoms with Gasteiger partial charge in [-0.15, -0.1) is 0 Å². The summed E-state index contributed by atoms with van der Waals surface area (Å²) >= 11 is 0. The van der Waals surface area contributed by atoms with Crippen LogP contribution in [0.15, 0.2) is 42.4 Å². The third-order valence-electron chi connectivity index (χ3n) is 6.01. The standard InChI is InChI=1S/C25H27N3O5/c29-23-9-8-21(24(30)26-23)28-15-20-19(25(28)31)2-1-3-22(20)33-16-18-6-4-17(5-7-18)14-27-10-12-32-13-11-27/h1-7,21H,8-16H2,(H,26,29,30)/i4D,6D,14D,16D. The second kappa shape index (κ2) is 9.33. The van der Waals surface area contributed by atoms with Crippen molar-refractivity contribution in [2.45, 2.75) is 38.5 Å². The molecule has 0 aliphatic carbocycles. The van der Waals surface area contributed by atoms with Gasteiger partial charge in [0.1, 0.15) is 18.4 Å². The molecule has 1 N–H and O–H groups in total. The molecule has 2 aromatic rings. The van der Waals surface area contributed by atoms with Gasteiger partial charge >= 0.3 is 0 Å². The minimum absolute atomic E-state index is 0.0970. The first-order chi connectivity index (χ1) is 17.8. The first-order valence-electron chi connectivity index (χ1n) is 13.1. The van der Waals surface area contributed by atoms with E-state index in [0.717, 1.165) is 0 Å². The molecule has 8 nitrogen and oxygen atoms in total. The molecule has 0 spiro atoms. The second-order valence-electron chi connectivity index (χ2n) is 8.19. The minimum atomic E-state index is -1.34. The summed E-state index contributed by atoms with van der Waals surface area (Å²) in [6.07, 6.45) is 0.390. The zero-order valence-electron chi connectivity index (χ0n) is 22.0. The number of rotatable bonds is 6. The number of nitrogens with zero attached hydrogens (tertiary/aromatic N) is 2. The Balaban J connectivity index is 1.35. The molecular weight excluding hydrogens is 422 g/mol. The highest BCUT2D eigenvalue weighted by Crippen LogP contribution is 2.34. The molecule has 33 heavy (non-hydrogen) atoms. The first kappa shape index (κ1) is 17.3. The van der Waals surface area contributed by atoms with Gasteiger partial charge in [0.2, 0.25) is 11.8 Å². The topological polar surface area (TPSA) is 88.2 Å². The molecule has 172 valence electrons. The van der Waals surface area contributed by atoms with Crippen LogP contribution in [0.5, 0.6) is 5.75 Å². The number of imide groups is 1. The maximum atomic E-state index is 13.0. The highest BCUT2D eigenvalue weighted by Gasteiger charge is 2.40. The normalized spacial score (nSPS) is 24.8. The predicted molar refractivity (Wildman–Crippen MR) is 119 cm³/mol. The first-order valence-corrected chi connectivity index (χ1v) is 11.0. The average Bonchev–Trinajstić information content (AvgIpc) is 3.23. The summed E-state index contributed by atoms with van der Waals surface area (Å²) in [6.45, 7) is 0.121. The SMILES string of the molecule is [2H]c1c(C([2H])Oc2cccc3c2CN(C2CCC(=O)NC2=O)C3=O)ccc(C([2H])N2CCOCC2)c1[2H]. The van der Waals surface area contributed by atoms with E-state index in [1.165, 1.54) is 4.90 Å². The summed E-state index contributed by atoms with van der Waals surface area (Å²) in [5.74, 6) is -0.938. The van der Waals surface area contributed by atoms with Gasteiger partial charge in [0.25, 0.3) is 5.91 Å². The highest BCUT2D eigenvalue weighted by atomic mass is 16.5. The van der Waals surface area contributed by atoms with Crippen molar-refractivity contribution in [2.24, 2.45) is 0 Å². The molecule has 0 radical (unpaired) electrons. The van der Waals surface area contributed by atoms with E-state index < -0.39 is 25.1 Å². The Kier molecular flexibility index (Phi) is 4.88. The van der Waals surface area contributed by atoms with Crippen LogP contribution in [-0.2, 0) is 34.0 Å². The molecule has 3 atom stereocenters. The molecule has 0 aromatic heterocycles. The number of nitrogens with one attached hydrogen (secondary N) is 1. The van der Waals surface area contributed by atoms with Gasteiger partial charge in [-0.1, -0.05) is 30.3 Å². The molecule has 0 saturated carbocycles. The van der Waals surface area contributed by atoms with Crippen molar-refractivity contribution in [2.75, 3.05) is 26.3 Å². The lowest BCUT2D eigenvalue weighted by atomic mass is 10.0. The van der Waals surface area contributed by atoms with Gasteiger partial charge in [-0.25, -0.2) is 0 Å². The van der Waals surface area contributed by atoms with Crippen molar-refractivity contribution in [1.29, 1.82) is 0 Å². The van der Waals surface area contributed by atoms with Crippen molar-refractivity contribution in [3.05, 3.63) is 64.7 Å². The Hall–Kier alpha value is -3.23. The fourth-order valence-corrected chi connectivity index (χ4v) is 4.25. The maximum Gasteiger partial charge on any atom is 0.255 e. The van der Waals surface area contributed by atoms with Crippen LogP contribution < -0.4 is 10.1 Å². The molecule has 3 amide bonds. The Morgan fingerprint density at radius 1 is 1.12 bits per heavy atom. The monoisotopic (exact) mass is 453 g/mol. The van der Waals surface area contributed by atoms with Gasteiger partial charge in [-0.3, -0.25) is 24.6 Å². The molecule has 3 aliphatic rings. The molecule has 5 rings (SSSR count). The Bertz CT molecular complexity index is 1250. The highest BCUT2D eigenvalue weighted by molar-refractivity contribution is 6.05. The summed E-state index contributed by atoms with van der Waals surface area (Å²) in [5.41, 5.74) is 1.45. The van der Waals surface area contributed by atoms with E-state index in [9.17, 15) is 14.4 Å². The van der Waals surface area contributed by atoms with E-state index in [0.29, 0.717) is 43.0 Å². The maximum absolute atomic E-state index is 13.0. The smallest absolute Gasteiger partial charge is 0.255 e. The fraction of sp³-hybridized carbons (Fsp3) is 0.400. The number of amides is 3. The van der Waals surface area contributed by atoms with Crippen LogP contribution in [0.25, 0.3) is 0 Å². The van der Waals surface area contributed by atoms with Crippen LogP contribution >= 0.6 is 0 Å². The lowest BCUT2D eigenvalue weighted by Gasteiger charge is -2.29. The van der Waals surface area contributed by atoms with Crippen molar-refractivity contribution >= 4 is 17.7 Å². The van der Waals surface area contributed by atoms with Gasteiger partial charge in [0.05, 0.1) is 23.9 Å². The number of hydrogen-bond acceptors (Lipinski definition) is 6. The number of morpholine rings is 1. The molecule has 8 heteroatoms. The van der Waals surface area contributed by atoms with Crippen molar-refractivity contribution in [3.63, 3.8) is 0 Å². The van der Waals surface area contributed by atoms with E-state index in [1.54, 1.807) is 30.3 Å². The third kappa shape index (κ3) is 4.62. The van der Waals surface area contributed by atoms with Gasteiger partial charge in [-0.2, -0.15) is 0 Å². The largest absolute Gasteiger partial charge is 0.489 e. The molecule has 2 aromatic carbocycles. The third-order valence-corrected chi connectivity index (χ3v) is 6.01. The summed E-state index contributed by atoms with van der Waals surface area (Å²) in [4.78, 5) is 40.2. The number of hydrogen-bond donors (Lipinski definition) is 1. The molecule has 3 heterocycles. The summed E-state index contributed by atoms with van der Waals surface area (Å²) in [5, 5.41) is 2.27. The number of carbonyl (C=O) groups excluding carboxylic acids is 3. The molecule has 3 aliphatic heterocycles. The molecule has 2 fully saturated rings. The molecule has 0 bridgehead atoms. The van der Waals surface area contributed by atoms with Gasteiger partial charge in [0.15, 0.2) is 0 Å². The zero-order valence-corrected chi connectivity index (χ0v) is 18.0. The van der Waals surface area contributed by atoms with E-state index in [-0.39, 0.29) is 54.6 Å². The van der Waals surface area contributed by atoms with Gasteiger partial charge in [-0.05, 0) is 29.7 Å². The fourth-order valence-electron chi connectivity index (χ4n) is 4.25. The summed E-state index contributed by atoms with van der Waals surface area (Å²) in [6, 6.07) is 6.94. The Morgan fingerprint density at radius 2 is 1.91 bits per heavy atom. The number of ether oxygens (including phenoxy) is 2. The average molecular weight is 454 g/mol. The van der Waals surface area contributed by atoms with Gasteiger partial charge in [0, 0.05) is 38.5 Å². The van der Waals surface area contributed by atoms with Crippen LogP contribution in [0.2, 0.25) is 0 Å². The minimum Gasteiger partial charge on any atom is -0.489 e. The van der Waals surface area contributed by atoms with E-state index >= 15 is 0 Å². The summed E-state index contributed by atoms with van der Waals surface area (Å²) in [7, 11) is 0.